The number of aliphatic hydroxyl groups is 1. The Hall–Kier alpha value is -4.26. The van der Waals surface area contributed by atoms with E-state index in [1.807, 2.05) is 26.0 Å². The normalized spacial score (nSPS) is 18.9. The van der Waals surface area contributed by atoms with E-state index in [4.69, 9.17) is 9.47 Å². The number of aromatic hydroxyl groups is 1. The van der Waals surface area contributed by atoms with Crippen LogP contribution in [0.5, 0.6) is 17.2 Å². The fourth-order valence-electron chi connectivity index (χ4n) is 4.29. The predicted molar refractivity (Wildman–Crippen MR) is 126 cm³/mol. The van der Waals surface area contributed by atoms with Gasteiger partial charge in [-0.05, 0) is 73.0 Å². The zero-order valence-electron chi connectivity index (χ0n) is 18.7. The number of aryl methyl sites for hydroxylation is 2. The molecule has 2 aliphatic heterocycles. The molecule has 1 atom stereocenters. The summed E-state index contributed by atoms with van der Waals surface area (Å²) in [6.07, 6.45) is 0. The third-order valence-corrected chi connectivity index (χ3v) is 6.24. The molecule has 7 nitrogen and oxygen atoms in total. The summed E-state index contributed by atoms with van der Waals surface area (Å²) in [6, 6.07) is 15.8. The predicted octanol–water partition coefficient (Wildman–Crippen LogP) is 4.41. The molecule has 172 valence electrons. The molecule has 0 bridgehead atoms. The van der Waals surface area contributed by atoms with Gasteiger partial charge in [-0.15, -0.1) is 0 Å². The molecule has 1 fully saturated rings. The number of aliphatic hydroxyl groups excluding tert-OH is 1. The van der Waals surface area contributed by atoms with Gasteiger partial charge >= 0.3 is 0 Å². The van der Waals surface area contributed by atoms with Crippen LogP contribution in [0.2, 0.25) is 0 Å². The molecule has 0 spiro atoms. The molecule has 0 aromatic heterocycles. The van der Waals surface area contributed by atoms with Crippen LogP contribution in [-0.2, 0) is 9.59 Å². The van der Waals surface area contributed by atoms with Gasteiger partial charge in [0.1, 0.15) is 24.7 Å². The number of hydrogen-bond acceptors (Lipinski definition) is 6. The van der Waals surface area contributed by atoms with Gasteiger partial charge in [-0.25, -0.2) is 0 Å². The fourth-order valence-corrected chi connectivity index (χ4v) is 4.29. The lowest BCUT2D eigenvalue weighted by molar-refractivity contribution is -0.132. The van der Waals surface area contributed by atoms with E-state index in [9.17, 15) is 19.8 Å². The average Bonchev–Trinajstić information content (AvgIpc) is 3.11. The first-order valence-corrected chi connectivity index (χ1v) is 10.9. The summed E-state index contributed by atoms with van der Waals surface area (Å²) in [5.74, 6) is -0.768. The van der Waals surface area contributed by atoms with Crippen LogP contribution in [0, 0.1) is 13.8 Å². The monoisotopic (exact) mass is 457 g/mol. The van der Waals surface area contributed by atoms with E-state index in [-0.39, 0.29) is 17.1 Å². The second-order valence-electron chi connectivity index (χ2n) is 8.39. The fraction of sp³-hybridized carbons (Fsp3) is 0.185. The number of phenols is 1. The molecule has 1 amide bonds. The van der Waals surface area contributed by atoms with Gasteiger partial charge in [0.25, 0.3) is 11.7 Å². The van der Waals surface area contributed by atoms with Gasteiger partial charge in [-0.1, -0.05) is 18.2 Å². The van der Waals surface area contributed by atoms with Gasteiger partial charge < -0.3 is 19.7 Å². The highest BCUT2D eigenvalue weighted by Crippen LogP contribution is 2.43. The van der Waals surface area contributed by atoms with E-state index >= 15 is 0 Å². The number of phenolic OH excluding ortho intramolecular Hbond substituents is 1. The van der Waals surface area contributed by atoms with Crippen LogP contribution in [0.15, 0.2) is 66.2 Å². The number of Topliss-reactive ketones (excluding diaryl/α,β-unsaturated/α-hetero) is 1. The van der Waals surface area contributed by atoms with Crippen LogP contribution in [0.4, 0.5) is 5.69 Å². The number of benzene rings is 3. The van der Waals surface area contributed by atoms with Crippen molar-refractivity contribution in [1.82, 2.24) is 0 Å². The van der Waals surface area contributed by atoms with E-state index < -0.39 is 17.7 Å². The Morgan fingerprint density at radius 1 is 0.882 bits per heavy atom. The van der Waals surface area contributed by atoms with Crippen molar-refractivity contribution in [2.24, 2.45) is 0 Å². The Kier molecular flexibility index (Phi) is 5.24. The molecule has 2 aliphatic rings. The number of hydrogen-bond donors (Lipinski definition) is 2. The Morgan fingerprint density at radius 2 is 1.59 bits per heavy atom. The highest BCUT2D eigenvalue weighted by molar-refractivity contribution is 6.51. The highest BCUT2D eigenvalue weighted by Gasteiger charge is 2.47. The highest BCUT2D eigenvalue weighted by atomic mass is 16.6. The molecule has 34 heavy (non-hydrogen) atoms. The van der Waals surface area contributed by atoms with Gasteiger partial charge in [0, 0.05) is 11.3 Å². The van der Waals surface area contributed by atoms with E-state index in [2.05, 4.69) is 0 Å². The van der Waals surface area contributed by atoms with Crippen LogP contribution in [0.1, 0.15) is 28.3 Å². The van der Waals surface area contributed by atoms with Gasteiger partial charge in [0.05, 0.1) is 11.6 Å². The van der Waals surface area contributed by atoms with E-state index in [1.54, 1.807) is 36.4 Å². The summed E-state index contributed by atoms with van der Waals surface area (Å²) in [5.41, 5.74) is 3.45. The van der Waals surface area contributed by atoms with Crippen molar-refractivity contribution in [3.05, 3.63) is 88.5 Å². The minimum absolute atomic E-state index is 0.0365. The van der Waals surface area contributed by atoms with Crippen LogP contribution in [0.25, 0.3) is 5.76 Å². The molecular formula is C27H23NO6. The first-order valence-electron chi connectivity index (χ1n) is 10.9. The minimum atomic E-state index is -0.879. The number of anilines is 1. The Labute approximate surface area is 196 Å². The van der Waals surface area contributed by atoms with Crippen LogP contribution in [-0.4, -0.2) is 35.1 Å². The lowest BCUT2D eigenvalue weighted by atomic mass is 9.94. The molecule has 3 aromatic carbocycles. The topological polar surface area (TPSA) is 96.3 Å². The second-order valence-corrected chi connectivity index (χ2v) is 8.39. The quantitative estimate of drug-likeness (QED) is 0.344. The molecule has 0 saturated carbocycles. The maximum atomic E-state index is 13.3. The standard InChI is InChI=1S/C27H23NO6/c1-15-3-7-19(13-16(15)2)28-24(17-4-8-20(29)9-5-17)23(26(31)27(28)32)25(30)18-6-10-21-22(14-18)34-12-11-33-21/h3-10,13-14,24,29-30H,11-12H2,1-2H3/b25-23-. The van der Waals surface area contributed by atoms with Gasteiger partial charge in [-0.3, -0.25) is 14.5 Å². The number of ether oxygens (including phenoxy) is 2. The van der Waals surface area contributed by atoms with E-state index in [1.165, 1.54) is 17.0 Å². The third-order valence-electron chi connectivity index (χ3n) is 6.24. The molecule has 7 heteroatoms. The van der Waals surface area contributed by atoms with E-state index in [0.717, 1.165) is 11.1 Å². The van der Waals surface area contributed by atoms with Crippen molar-refractivity contribution in [3.63, 3.8) is 0 Å². The number of amides is 1. The number of carbonyl (C=O) groups is 2. The van der Waals surface area contributed by atoms with Crippen molar-refractivity contribution < 1.29 is 29.3 Å². The van der Waals surface area contributed by atoms with Crippen molar-refractivity contribution in [2.75, 3.05) is 18.1 Å². The Bertz CT molecular complexity index is 1340. The largest absolute Gasteiger partial charge is 0.508 e. The SMILES string of the molecule is Cc1ccc(N2C(=O)C(=O)/C(=C(\O)c3ccc4c(c3)OCCO4)C2c2ccc(O)cc2)cc1C. The summed E-state index contributed by atoms with van der Waals surface area (Å²) in [7, 11) is 0. The minimum Gasteiger partial charge on any atom is -0.508 e. The van der Waals surface area contributed by atoms with Crippen molar-refractivity contribution >= 4 is 23.1 Å². The van der Waals surface area contributed by atoms with Crippen molar-refractivity contribution in [1.29, 1.82) is 0 Å². The molecule has 2 heterocycles. The number of rotatable bonds is 3. The summed E-state index contributed by atoms with van der Waals surface area (Å²) in [4.78, 5) is 27.9. The smallest absolute Gasteiger partial charge is 0.300 e. The molecule has 0 radical (unpaired) electrons. The maximum absolute atomic E-state index is 13.3. The molecule has 1 saturated heterocycles. The van der Waals surface area contributed by atoms with Gasteiger partial charge in [-0.2, -0.15) is 0 Å². The van der Waals surface area contributed by atoms with Crippen LogP contribution < -0.4 is 14.4 Å². The van der Waals surface area contributed by atoms with Gasteiger partial charge in [0.15, 0.2) is 11.5 Å². The van der Waals surface area contributed by atoms with Crippen LogP contribution >= 0.6 is 0 Å². The molecular weight excluding hydrogens is 434 g/mol. The summed E-state index contributed by atoms with van der Waals surface area (Å²) in [5, 5.41) is 21.1. The van der Waals surface area contributed by atoms with Crippen molar-refractivity contribution in [2.45, 2.75) is 19.9 Å². The zero-order chi connectivity index (χ0) is 24.0. The van der Waals surface area contributed by atoms with Crippen LogP contribution in [0.3, 0.4) is 0 Å². The number of carbonyl (C=O) groups excluding carboxylic acids is 2. The molecule has 0 aliphatic carbocycles. The Balaban J connectivity index is 1.70. The van der Waals surface area contributed by atoms with E-state index in [0.29, 0.717) is 41.5 Å². The number of ketones is 1. The third kappa shape index (κ3) is 3.55. The first-order chi connectivity index (χ1) is 16.3. The lowest BCUT2D eigenvalue weighted by Crippen LogP contribution is -2.29. The molecule has 3 aromatic rings. The number of fused-ring (bicyclic) bond motifs is 1. The zero-order valence-corrected chi connectivity index (χ0v) is 18.7. The maximum Gasteiger partial charge on any atom is 0.300 e. The molecule has 1 unspecified atom stereocenters. The lowest BCUT2D eigenvalue weighted by Gasteiger charge is -2.26. The first kappa shape index (κ1) is 21.6. The number of nitrogens with zero attached hydrogens (tertiary/aromatic N) is 1. The summed E-state index contributed by atoms with van der Waals surface area (Å²) < 4.78 is 11.2. The van der Waals surface area contributed by atoms with Crippen molar-refractivity contribution in [3.8, 4) is 17.2 Å². The second kappa shape index (κ2) is 8.26. The average molecular weight is 457 g/mol. The molecule has 2 N–H and O–H groups in total. The molecule has 5 rings (SSSR count). The summed E-state index contributed by atoms with van der Waals surface area (Å²) in [6.45, 7) is 4.70. The summed E-state index contributed by atoms with van der Waals surface area (Å²) >= 11 is 0. The Morgan fingerprint density at radius 3 is 2.29 bits per heavy atom. The van der Waals surface area contributed by atoms with Gasteiger partial charge in [0.2, 0.25) is 0 Å².